The Morgan fingerprint density at radius 1 is 1.19 bits per heavy atom. The molecule has 2 N–H and O–H groups in total. The molecule has 136 valence electrons. The Labute approximate surface area is 167 Å². The van der Waals surface area contributed by atoms with Crippen LogP contribution in [0.3, 0.4) is 0 Å². The molecule has 3 aromatic rings. The van der Waals surface area contributed by atoms with Crippen LogP contribution in [-0.2, 0) is 6.54 Å². The van der Waals surface area contributed by atoms with Gasteiger partial charge < -0.3 is 14.4 Å². The standard InChI is InChI=1S/C18H18N4O4.Li.H/c23-17(24)12-4-5-13(19-10-12)11-21-6-8-22(9-7-21)15-3-1-2-14-16(15)26-18(25)20-14;;/h1-5,10H,6-9,11H2,(H,20,25)(H,23,24);;. The van der Waals surface area contributed by atoms with Crippen LogP contribution in [0.2, 0.25) is 0 Å². The molecule has 4 rings (SSSR count). The van der Waals surface area contributed by atoms with Gasteiger partial charge in [0.15, 0.2) is 5.58 Å². The molecule has 0 radical (unpaired) electrons. The van der Waals surface area contributed by atoms with Crippen LogP contribution >= 0.6 is 0 Å². The summed E-state index contributed by atoms with van der Waals surface area (Å²) >= 11 is 0. The van der Waals surface area contributed by atoms with Crippen molar-refractivity contribution in [3.8, 4) is 0 Å². The van der Waals surface area contributed by atoms with Crippen LogP contribution in [-0.4, -0.2) is 71.0 Å². The number of H-pyrrole nitrogens is 1. The van der Waals surface area contributed by atoms with E-state index in [1.807, 2.05) is 18.2 Å². The predicted molar refractivity (Wildman–Crippen MR) is 103 cm³/mol. The first-order valence-electron chi connectivity index (χ1n) is 8.37. The minimum absolute atomic E-state index is 0. The summed E-state index contributed by atoms with van der Waals surface area (Å²) in [5.74, 6) is -1.41. The number of anilines is 1. The predicted octanol–water partition coefficient (Wildman–Crippen LogP) is 0.888. The third-order valence-electron chi connectivity index (χ3n) is 4.60. The molecule has 9 heteroatoms. The van der Waals surface area contributed by atoms with Crippen LogP contribution in [0.1, 0.15) is 16.1 Å². The summed E-state index contributed by atoms with van der Waals surface area (Å²) in [7, 11) is 0. The summed E-state index contributed by atoms with van der Waals surface area (Å²) < 4.78 is 5.28. The Morgan fingerprint density at radius 2 is 1.96 bits per heavy atom. The first-order chi connectivity index (χ1) is 12.6. The zero-order chi connectivity index (χ0) is 18.1. The molecule has 0 saturated carbocycles. The molecule has 1 fully saturated rings. The second-order valence-electron chi connectivity index (χ2n) is 6.27. The van der Waals surface area contributed by atoms with Crippen LogP contribution in [0.5, 0.6) is 0 Å². The molecule has 8 nitrogen and oxygen atoms in total. The van der Waals surface area contributed by atoms with Gasteiger partial charge in [0.1, 0.15) is 0 Å². The maximum atomic E-state index is 11.5. The molecule has 0 amide bonds. The Morgan fingerprint density at radius 3 is 2.63 bits per heavy atom. The molecule has 0 spiro atoms. The van der Waals surface area contributed by atoms with Crippen molar-refractivity contribution in [2.75, 3.05) is 31.1 Å². The van der Waals surface area contributed by atoms with Crippen LogP contribution in [0, 0.1) is 0 Å². The van der Waals surface area contributed by atoms with Crippen molar-refractivity contribution < 1.29 is 14.3 Å². The fraction of sp³-hybridized carbons (Fsp3) is 0.278. The fourth-order valence-electron chi connectivity index (χ4n) is 3.23. The Hall–Kier alpha value is -2.53. The van der Waals surface area contributed by atoms with Gasteiger partial charge in [0.05, 0.1) is 22.5 Å². The second kappa shape index (κ2) is 8.01. The van der Waals surface area contributed by atoms with E-state index in [4.69, 9.17) is 9.52 Å². The number of aromatic amines is 1. The van der Waals surface area contributed by atoms with E-state index in [9.17, 15) is 9.59 Å². The van der Waals surface area contributed by atoms with Gasteiger partial charge in [0, 0.05) is 38.9 Å². The molecule has 1 aliphatic heterocycles. The number of nitrogens with zero attached hydrogens (tertiary/aromatic N) is 3. The van der Waals surface area contributed by atoms with Crippen LogP contribution < -0.4 is 10.7 Å². The molecule has 1 aliphatic rings. The summed E-state index contributed by atoms with van der Waals surface area (Å²) in [4.78, 5) is 33.7. The zero-order valence-corrected chi connectivity index (χ0v) is 14.0. The average molecular weight is 362 g/mol. The van der Waals surface area contributed by atoms with Crippen LogP contribution in [0.4, 0.5) is 5.69 Å². The fourth-order valence-corrected chi connectivity index (χ4v) is 3.23. The third-order valence-corrected chi connectivity index (χ3v) is 4.60. The van der Waals surface area contributed by atoms with Crippen LogP contribution in [0.25, 0.3) is 11.1 Å². The number of aromatic nitrogens is 2. The van der Waals surface area contributed by atoms with Crippen molar-refractivity contribution in [1.82, 2.24) is 14.9 Å². The number of nitrogens with one attached hydrogen (secondary N) is 1. The summed E-state index contributed by atoms with van der Waals surface area (Å²) in [6, 6.07) is 9.03. The molecule has 0 unspecified atom stereocenters. The van der Waals surface area contributed by atoms with Crippen LogP contribution in [0.15, 0.2) is 45.7 Å². The number of rotatable bonds is 4. The van der Waals surface area contributed by atoms with E-state index in [1.165, 1.54) is 6.20 Å². The van der Waals surface area contributed by atoms with Crippen molar-refractivity contribution in [3.63, 3.8) is 0 Å². The quantitative estimate of drug-likeness (QED) is 0.665. The zero-order valence-electron chi connectivity index (χ0n) is 14.0. The van der Waals surface area contributed by atoms with Gasteiger partial charge in [-0.2, -0.15) is 0 Å². The Kier molecular flexibility index (Phi) is 5.70. The number of carboxylic acids is 1. The van der Waals surface area contributed by atoms with E-state index < -0.39 is 11.7 Å². The molecule has 3 heterocycles. The van der Waals surface area contributed by atoms with E-state index in [1.54, 1.807) is 12.1 Å². The number of carboxylic acid groups (broad SMARTS) is 1. The Bertz CT molecular complexity index is 991. The number of hydrogen-bond donors (Lipinski definition) is 2. The third kappa shape index (κ3) is 4.08. The molecule has 0 atom stereocenters. The molecule has 1 saturated heterocycles. The van der Waals surface area contributed by atoms with E-state index in [-0.39, 0.29) is 24.4 Å². The summed E-state index contributed by atoms with van der Waals surface area (Å²) in [5.41, 5.74) is 3.26. The van der Waals surface area contributed by atoms with Gasteiger partial charge >= 0.3 is 30.6 Å². The summed E-state index contributed by atoms with van der Waals surface area (Å²) in [6.07, 6.45) is 1.39. The first kappa shape index (κ1) is 19.2. The summed E-state index contributed by atoms with van der Waals surface area (Å²) in [5, 5.41) is 8.93. The average Bonchev–Trinajstić information content (AvgIpc) is 3.03. The maximum absolute atomic E-state index is 11.5. The molecule has 0 aliphatic carbocycles. The van der Waals surface area contributed by atoms with E-state index in [0.717, 1.165) is 37.6 Å². The number of piperazine rings is 1. The summed E-state index contributed by atoms with van der Waals surface area (Å²) in [6.45, 7) is 3.97. The van der Waals surface area contributed by atoms with Gasteiger partial charge in [-0.1, -0.05) is 6.07 Å². The van der Waals surface area contributed by atoms with Crippen molar-refractivity contribution in [1.29, 1.82) is 0 Å². The topological polar surface area (TPSA) is 103 Å². The van der Waals surface area contributed by atoms with Crippen molar-refractivity contribution in [2.45, 2.75) is 6.54 Å². The van der Waals surface area contributed by atoms with Gasteiger partial charge in [-0.25, -0.2) is 9.59 Å². The normalized spacial score (nSPS) is 14.9. The van der Waals surface area contributed by atoms with Crippen molar-refractivity contribution in [3.05, 3.63) is 58.3 Å². The van der Waals surface area contributed by atoms with Crippen molar-refractivity contribution in [2.24, 2.45) is 0 Å². The molecular formula is C18H19LiN4O4. The second-order valence-corrected chi connectivity index (χ2v) is 6.27. The van der Waals surface area contributed by atoms with E-state index >= 15 is 0 Å². The van der Waals surface area contributed by atoms with E-state index in [2.05, 4.69) is 19.8 Å². The number of oxazole rings is 1. The molecule has 27 heavy (non-hydrogen) atoms. The molecule has 2 aromatic heterocycles. The van der Waals surface area contributed by atoms with Crippen molar-refractivity contribution >= 4 is 41.6 Å². The number of carbonyl (C=O) groups is 1. The van der Waals surface area contributed by atoms with E-state index in [0.29, 0.717) is 17.6 Å². The number of benzene rings is 1. The van der Waals surface area contributed by atoms with Gasteiger partial charge in [0.2, 0.25) is 0 Å². The SMILES string of the molecule is O=C(O)c1ccc(CN2CCN(c3cccc4[nH]c(=O)oc34)CC2)nc1.[LiH]. The first-order valence-corrected chi connectivity index (χ1v) is 8.37. The van der Waals surface area contributed by atoms with Gasteiger partial charge in [-0.15, -0.1) is 0 Å². The monoisotopic (exact) mass is 362 g/mol. The van der Waals surface area contributed by atoms with Gasteiger partial charge in [0.25, 0.3) is 0 Å². The minimum atomic E-state index is -0.969. The molecule has 0 bridgehead atoms. The number of pyridine rings is 1. The molecule has 1 aromatic carbocycles. The molecular weight excluding hydrogens is 343 g/mol. The van der Waals surface area contributed by atoms with Gasteiger partial charge in [-0.3, -0.25) is 14.9 Å². The van der Waals surface area contributed by atoms with Gasteiger partial charge in [-0.05, 0) is 24.3 Å². The number of hydrogen-bond acceptors (Lipinski definition) is 6. The number of aromatic carboxylic acids is 1. The Balaban J connectivity index is 0.00000210. The number of fused-ring (bicyclic) bond motifs is 1. The number of para-hydroxylation sites is 1.